The van der Waals surface area contributed by atoms with Crippen molar-refractivity contribution in [3.8, 4) is 10.6 Å². The third kappa shape index (κ3) is 3.74. The van der Waals surface area contributed by atoms with Crippen molar-refractivity contribution in [1.82, 2.24) is 24.0 Å². The molecule has 0 aliphatic carbocycles. The number of para-hydroxylation sites is 1. The number of nitrogens with one attached hydrogen (secondary N) is 1. The first kappa shape index (κ1) is 19.0. The Balaban J connectivity index is 1.29. The van der Waals surface area contributed by atoms with Crippen LogP contribution < -0.4 is 5.32 Å². The first-order valence-electron chi connectivity index (χ1n) is 8.92. The van der Waals surface area contributed by atoms with Gasteiger partial charge in [-0.15, -0.1) is 10.2 Å². The Kier molecular flexibility index (Phi) is 5.07. The first-order valence-corrected chi connectivity index (χ1v) is 11.1. The molecule has 0 atom stereocenters. The maximum Gasteiger partial charge on any atom is 0.241 e. The molecule has 148 valence electrons. The zero-order valence-electron chi connectivity index (χ0n) is 15.3. The van der Waals surface area contributed by atoms with Gasteiger partial charge in [-0.05, 0) is 47.3 Å². The Bertz CT molecular complexity index is 1370. The van der Waals surface area contributed by atoms with Crippen molar-refractivity contribution >= 4 is 63.3 Å². The number of benzene rings is 2. The molecule has 3 aromatic heterocycles. The fourth-order valence-corrected chi connectivity index (χ4v) is 4.49. The number of carbonyl (C=O) groups excluding carboxylic acids is 1. The quantitative estimate of drug-likeness (QED) is 0.386. The monoisotopic (exact) mass is 452 g/mol. The van der Waals surface area contributed by atoms with Gasteiger partial charge in [-0.2, -0.15) is 9.36 Å². The van der Waals surface area contributed by atoms with Crippen LogP contribution in [0.5, 0.6) is 0 Å². The number of halogens is 1. The molecule has 0 aliphatic rings. The number of rotatable bonds is 5. The fourth-order valence-electron chi connectivity index (χ4n) is 2.98. The molecule has 0 unspecified atom stereocenters. The molecule has 5 aromatic rings. The molecular weight excluding hydrogens is 440 g/mol. The van der Waals surface area contributed by atoms with Gasteiger partial charge in [0.15, 0.2) is 10.8 Å². The van der Waals surface area contributed by atoms with Crippen LogP contribution in [0.4, 0.5) is 5.95 Å². The highest BCUT2D eigenvalue weighted by molar-refractivity contribution is 7.99. The van der Waals surface area contributed by atoms with Gasteiger partial charge in [0.2, 0.25) is 11.9 Å². The van der Waals surface area contributed by atoms with Gasteiger partial charge in [0.05, 0.1) is 11.3 Å². The van der Waals surface area contributed by atoms with Crippen molar-refractivity contribution in [2.45, 2.75) is 5.16 Å². The average Bonchev–Trinajstić information content (AvgIpc) is 3.40. The van der Waals surface area contributed by atoms with E-state index in [4.69, 9.17) is 11.6 Å². The minimum absolute atomic E-state index is 0.166. The van der Waals surface area contributed by atoms with Crippen LogP contribution in [0.3, 0.4) is 0 Å². The molecule has 10 heteroatoms. The number of nitrogens with zero attached hydrogens (tertiary/aromatic N) is 5. The smallest absolute Gasteiger partial charge is 0.241 e. The minimum Gasteiger partial charge on any atom is -0.293 e. The molecule has 3 heterocycles. The standard InChI is InChI=1S/C20H13ClN6OS2/c21-14-8-5-13(6-9-14)18-23-19(26-30-18)22-17(28)11-29-20-25-24-16-10-7-12-3-1-2-4-15(12)27(16)20/h1-10H,11H2,(H,22,26,28). The van der Waals surface area contributed by atoms with Crippen molar-refractivity contribution in [2.24, 2.45) is 0 Å². The summed E-state index contributed by atoms with van der Waals surface area (Å²) < 4.78 is 6.17. The van der Waals surface area contributed by atoms with E-state index >= 15 is 0 Å². The van der Waals surface area contributed by atoms with Gasteiger partial charge >= 0.3 is 0 Å². The third-order valence-electron chi connectivity index (χ3n) is 4.35. The lowest BCUT2D eigenvalue weighted by Gasteiger charge is -2.04. The van der Waals surface area contributed by atoms with E-state index in [1.807, 2.05) is 52.9 Å². The lowest BCUT2D eigenvalue weighted by atomic mass is 10.2. The summed E-state index contributed by atoms with van der Waals surface area (Å²) in [5.74, 6) is 0.240. The summed E-state index contributed by atoms with van der Waals surface area (Å²) in [7, 11) is 0. The zero-order valence-corrected chi connectivity index (χ0v) is 17.7. The average molecular weight is 453 g/mol. The number of pyridine rings is 1. The topological polar surface area (TPSA) is 85.1 Å². The van der Waals surface area contributed by atoms with E-state index < -0.39 is 0 Å². The summed E-state index contributed by atoms with van der Waals surface area (Å²) in [6, 6.07) is 19.2. The number of hydrogen-bond donors (Lipinski definition) is 1. The van der Waals surface area contributed by atoms with Crippen molar-refractivity contribution in [1.29, 1.82) is 0 Å². The van der Waals surface area contributed by atoms with Gasteiger partial charge in [-0.3, -0.25) is 14.5 Å². The molecule has 1 amide bonds. The third-order valence-corrected chi connectivity index (χ3v) is 6.29. The largest absolute Gasteiger partial charge is 0.293 e. The van der Waals surface area contributed by atoms with Gasteiger partial charge in [0, 0.05) is 10.6 Å². The van der Waals surface area contributed by atoms with Crippen LogP contribution in [-0.4, -0.2) is 35.6 Å². The Labute approximate surface area is 184 Å². The van der Waals surface area contributed by atoms with Gasteiger partial charge < -0.3 is 0 Å². The fraction of sp³-hybridized carbons (Fsp3) is 0.0500. The number of fused-ring (bicyclic) bond motifs is 3. The predicted octanol–water partition coefficient (Wildman–Crippen LogP) is 4.79. The highest BCUT2D eigenvalue weighted by Crippen LogP contribution is 2.25. The number of hydrogen-bond acceptors (Lipinski definition) is 7. The highest BCUT2D eigenvalue weighted by atomic mass is 35.5. The number of anilines is 1. The van der Waals surface area contributed by atoms with Crippen LogP contribution in [0, 0.1) is 0 Å². The first-order chi connectivity index (χ1) is 14.7. The zero-order chi connectivity index (χ0) is 20.5. The summed E-state index contributed by atoms with van der Waals surface area (Å²) in [6.07, 6.45) is 0. The van der Waals surface area contributed by atoms with Crippen molar-refractivity contribution < 1.29 is 4.79 Å². The molecule has 0 radical (unpaired) electrons. The van der Waals surface area contributed by atoms with E-state index in [1.54, 1.807) is 12.1 Å². The summed E-state index contributed by atoms with van der Waals surface area (Å²) >= 11 is 8.45. The maximum absolute atomic E-state index is 12.4. The van der Waals surface area contributed by atoms with Crippen LogP contribution in [0.25, 0.3) is 27.1 Å². The second kappa shape index (κ2) is 8.02. The molecule has 0 bridgehead atoms. The Hall–Kier alpha value is -3.01. The van der Waals surface area contributed by atoms with Gasteiger partial charge in [0.1, 0.15) is 5.01 Å². The van der Waals surface area contributed by atoms with E-state index in [0.717, 1.165) is 22.1 Å². The second-order valence-electron chi connectivity index (χ2n) is 6.34. The summed E-state index contributed by atoms with van der Waals surface area (Å²) in [4.78, 5) is 16.8. The van der Waals surface area contributed by atoms with Gasteiger partial charge in [-0.1, -0.05) is 53.7 Å². The molecule has 7 nitrogen and oxygen atoms in total. The lowest BCUT2D eigenvalue weighted by Crippen LogP contribution is -2.15. The molecule has 5 rings (SSSR count). The molecule has 0 saturated heterocycles. The SMILES string of the molecule is O=C(CSc1nnc2ccc3ccccc3n12)Nc1nsc(-c2ccc(Cl)cc2)n1. The van der Waals surface area contributed by atoms with Crippen LogP contribution in [0.15, 0.2) is 65.8 Å². The Morgan fingerprint density at radius 2 is 1.90 bits per heavy atom. The second-order valence-corrected chi connectivity index (χ2v) is 8.47. The maximum atomic E-state index is 12.4. The van der Waals surface area contributed by atoms with E-state index in [2.05, 4.69) is 24.9 Å². The highest BCUT2D eigenvalue weighted by Gasteiger charge is 2.14. The molecule has 1 N–H and O–H groups in total. The van der Waals surface area contributed by atoms with E-state index in [1.165, 1.54) is 23.3 Å². The Morgan fingerprint density at radius 1 is 1.07 bits per heavy atom. The lowest BCUT2D eigenvalue weighted by molar-refractivity contribution is -0.113. The number of thioether (sulfide) groups is 1. The summed E-state index contributed by atoms with van der Waals surface area (Å²) in [5, 5.41) is 14.3. The molecule has 0 fully saturated rings. The van der Waals surface area contributed by atoms with Gasteiger partial charge in [-0.25, -0.2) is 0 Å². The number of carbonyl (C=O) groups is 1. The number of amides is 1. The normalized spacial score (nSPS) is 11.2. The Morgan fingerprint density at radius 3 is 2.77 bits per heavy atom. The van der Waals surface area contributed by atoms with Crippen LogP contribution in [0.1, 0.15) is 0 Å². The van der Waals surface area contributed by atoms with Crippen LogP contribution in [0.2, 0.25) is 5.02 Å². The van der Waals surface area contributed by atoms with Crippen molar-refractivity contribution in [2.75, 3.05) is 11.1 Å². The van der Waals surface area contributed by atoms with Crippen molar-refractivity contribution in [3.05, 3.63) is 65.7 Å². The van der Waals surface area contributed by atoms with Crippen LogP contribution in [-0.2, 0) is 4.79 Å². The molecule has 0 spiro atoms. The molecular formula is C20H13ClN6OS2. The molecule has 0 saturated carbocycles. The van der Waals surface area contributed by atoms with Gasteiger partial charge in [0.25, 0.3) is 0 Å². The summed E-state index contributed by atoms with van der Waals surface area (Å²) in [6.45, 7) is 0. The van der Waals surface area contributed by atoms with E-state index in [9.17, 15) is 4.79 Å². The predicted molar refractivity (Wildman–Crippen MR) is 120 cm³/mol. The molecule has 0 aliphatic heterocycles. The minimum atomic E-state index is -0.211. The number of aromatic nitrogens is 5. The molecule has 30 heavy (non-hydrogen) atoms. The van der Waals surface area contributed by atoms with Crippen LogP contribution >= 0.6 is 34.9 Å². The summed E-state index contributed by atoms with van der Waals surface area (Å²) in [5.41, 5.74) is 2.63. The van der Waals surface area contributed by atoms with E-state index in [-0.39, 0.29) is 17.6 Å². The van der Waals surface area contributed by atoms with E-state index in [0.29, 0.717) is 15.2 Å². The van der Waals surface area contributed by atoms with Crippen molar-refractivity contribution in [3.63, 3.8) is 0 Å². The molecule has 2 aromatic carbocycles.